The lowest BCUT2D eigenvalue weighted by molar-refractivity contribution is -0.133. The Kier molecular flexibility index (Phi) is 4.39. The minimum Gasteiger partial charge on any atom is -0.481 e. The van der Waals surface area contributed by atoms with E-state index in [0.29, 0.717) is 10.7 Å². The molecule has 2 rings (SSSR count). The summed E-state index contributed by atoms with van der Waals surface area (Å²) in [6.45, 7) is 1.88. The lowest BCUT2D eigenvalue weighted by atomic mass is 10.2. The van der Waals surface area contributed by atoms with Gasteiger partial charge in [0.1, 0.15) is 10.7 Å². The van der Waals surface area contributed by atoms with Gasteiger partial charge in [0.2, 0.25) is 0 Å². The molecule has 0 aliphatic carbocycles. The Labute approximate surface area is 118 Å². The maximum absolute atomic E-state index is 12.8. The highest BCUT2D eigenvalue weighted by Crippen LogP contribution is 2.27. The van der Waals surface area contributed by atoms with E-state index in [4.69, 9.17) is 5.11 Å². The Hall–Kier alpha value is -1.89. The van der Waals surface area contributed by atoms with Crippen LogP contribution in [0.15, 0.2) is 35.4 Å². The highest BCUT2D eigenvalue weighted by molar-refractivity contribution is 7.99. The number of halogens is 2. The van der Waals surface area contributed by atoms with Crippen molar-refractivity contribution in [3.8, 4) is 5.69 Å². The van der Waals surface area contributed by atoms with Crippen molar-refractivity contribution in [2.75, 3.05) is 5.75 Å². The summed E-state index contributed by atoms with van der Waals surface area (Å²) in [5, 5.41) is 12.9. The molecule has 0 aliphatic rings. The molecule has 1 aromatic carbocycles. The molecule has 1 N–H and O–H groups in total. The molecule has 1 heterocycles. The van der Waals surface area contributed by atoms with Crippen LogP contribution in [0.2, 0.25) is 0 Å². The molecule has 0 saturated heterocycles. The van der Waals surface area contributed by atoms with Gasteiger partial charge in [0.05, 0.1) is 11.4 Å². The SMILES string of the molecule is Cc1cccc(-n2nc(C(F)F)cc2SCC(=O)O)c1. The molecule has 7 heteroatoms. The average molecular weight is 298 g/mol. The summed E-state index contributed by atoms with van der Waals surface area (Å²) in [5.74, 6) is -1.22. The molecule has 4 nitrogen and oxygen atoms in total. The van der Waals surface area contributed by atoms with Crippen LogP contribution in [0.4, 0.5) is 8.78 Å². The van der Waals surface area contributed by atoms with Gasteiger partial charge in [0, 0.05) is 0 Å². The van der Waals surface area contributed by atoms with Crippen LogP contribution < -0.4 is 0 Å². The van der Waals surface area contributed by atoms with Crippen LogP contribution in [0.25, 0.3) is 5.69 Å². The number of aromatic nitrogens is 2. The summed E-state index contributed by atoms with van der Waals surface area (Å²) in [6.07, 6.45) is -2.69. The van der Waals surface area contributed by atoms with Gasteiger partial charge in [-0.3, -0.25) is 4.79 Å². The zero-order valence-corrected chi connectivity index (χ0v) is 11.4. The fourth-order valence-electron chi connectivity index (χ4n) is 1.67. The number of hydrogen-bond donors (Lipinski definition) is 1. The van der Waals surface area contributed by atoms with Gasteiger partial charge in [0.15, 0.2) is 0 Å². The second-order valence-corrected chi connectivity index (χ2v) is 5.14. The molecule has 0 unspecified atom stereocenters. The van der Waals surface area contributed by atoms with E-state index < -0.39 is 12.4 Å². The van der Waals surface area contributed by atoms with Gasteiger partial charge in [-0.15, -0.1) is 0 Å². The molecule has 0 atom stereocenters. The summed E-state index contributed by atoms with van der Waals surface area (Å²) in [4.78, 5) is 10.6. The molecule has 0 saturated carbocycles. The van der Waals surface area contributed by atoms with Crippen molar-refractivity contribution in [2.45, 2.75) is 18.4 Å². The summed E-state index contributed by atoms with van der Waals surface area (Å²) >= 11 is 0.962. The van der Waals surface area contributed by atoms with E-state index in [-0.39, 0.29) is 11.4 Å². The topological polar surface area (TPSA) is 55.1 Å². The van der Waals surface area contributed by atoms with Crippen LogP contribution in [0.5, 0.6) is 0 Å². The van der Waals surface area contributed by atoms with Gasteiger partial charge in [-0.05, 0) is 30.7 Å². The average Bonchev–Trinajstić information content (AvgIpc) is 2.80. The highest BCUT2D eigenvalue weighted by Gasteiger charge is 2.17. The van der Waals surface area contributed by atoms with Gasteiger partial charge in [0.25, 0.3) is 6.43 Å². The predicted octanol–water partition coefficient (Wildman–Crippen LogP) is 3.30. The van der Waals surface area contributed by atoms with Crippen molar-refractivity contribution < 1.29 is 18.7 Å². The number of hydrogen-bond acceptors (Lipinski definition) is 3. The first kappa shape index (κ1) is 14.5. The van der Waals surface area contributed by atoms with Crippen molar-refractivity contribution in [3.63, 3.8) is 0 Å². The Balaban J connectivity index is 2.41. The van der Waals surface area contributed by atoms with Crippen LogP contribution in [0, 0.1) is 6.92 Å². The quantitative estimate of drug-likeness (QED) is 0.861. The lowest BCUT2D eigenvalue weighted by Gasteiger charge is -2.06. The molecule has 0 amide bonds. The van der Waals surface area contributed by atoms with E-state index >= 15 is 0 Å². The van der Waals surface area contributed by atoms with Crippen molar-refractivity contribution in [1.29, 1.82) is 0 Å². The lowest BCUT2D eigenvalue weighted by Crippen LogP contribution is -2.02. The van der Waals surface area contributed by atoms with Crippen LogP contribution in [0.1, 0.15) is 17.7 Å². The predicted molar refractivity (Wildman–Crippen MR) is 71.6 cm³/mol. The highest BCUT2D eigenvalue weighted by atomic mass is 32.2. The van der Waals surface area contributed by atoms with Crippen LogP contribution in [0.3, 0.4) is 0 Å². The zero-order chi connectivity index (χ0) is 14.7. The van der Waals surface area contributed by atoms with Crippen LogP contribution in [-0.2, 0) is 4.79 Å². The summed E-state index contributed by atoms with van der Waals surface area (Å²) in [5.41, 5.74) is 1.23. The van der Waals surface area contributed by atoms with Gasteiger partial charge in [-0.1, -0.05) is 23.9 Å². The Morgan fingerprint density at radius 1 is 1.45 bits per heavy atom. The normalized spacial score (nSPS) is 11.0. The number of nitrogens with zero attached hydrogens (tertiary/aromatic N) is 2. The van der Waals surface area contributed by atoms with Crippen molar-refractivity contribution in [3.05, 3.63) is 41.6 Å². The van der Waals surface area contributed by atoms with Gasteiger partial charge in [-0.25, -0.2) is 13.5 Å². The van der Waals surface area contributed by atoms with Crippen LogP contribution in [-0.4, -0.2) is 26.6 Å². The molecule has 0 fully saturated rings. The van der Waals surface area contributed by atoms with Gasteiger partial charge in [-0.2, -0.15) is 5.10 Å². The first-order valence-electron chi connectivity index (χ1n) is 5.77. The van der Waals surface area contributed by atoms with E-state index in [1.807, 2.05) is 13.0 Å². The van der Waals surface area contributed by atoms with Crippen molar-refractivity contribution in [1.82, 2.24) is 9.78 Å². The monoisotopic (exact) mass is 298 g/mol. The molecule has 2 aromatic rings. The number of carbonyl (C=O) groups is 1. The fourth-order valence-corrected chi connectivity index (χ4v) is 2.42. The smallest absolute Gasteiger partial charge is 0.313 e. The second-order valence-electron chi connectivity index (χ2n) is 4.14. The third-order valence-electron chi connectivity index (χ3n) is 2.51. The van der Waals surface area contributed by atoms with E-state index in [1.165, 1.54) is 10.7 Å². The largest absolute Gasteiger partial charge is 0.481 e. The number of alkyl halides is 2. The maximum atomic E-state index is 12.8. The molecule has 0 spiro atoms. The maximum Gasteiger partial charge on any atom is 0.313 e. The molecule has 0 aliphatic heterocycles. The zero-order valence-electron chi connectivity index (χ0n) is 10.6. The van der Waals surface area contributed by atoms with Crippen molar-refractivity contribution in [2.24, 2.45) is 0 Å². The number of carboxylic acids is 1. The third kappa shape index (κ3) is 3.36. The second kappa shape index (κ2) is 6.04. The standard InChI is InChI=1S/C13H12F2N2O2S/c1-8-3-2-4-9(5-8)17-11(20-7-12(18)19)6-10(16-17)13(14)15/h2-6,13H,7H2,1H3,(H,18,19). The summed E-state index contributed by atoms with van der Waals surface area (Å²) in [7, 11) is 0. The van der Waals surface area contributed by atoms with Crippen molar-refractivity contribution >= 4 is 17.7 Å². The van der Waals surface area contributed by atoms with E-state index in [2.05, 4.69) is 5.10 Å². The Bertz CT molecular complexity index is 629. The Morgan fingerprint density at radius 3 is 2.80 bits per heavy atom. The molecular formula is C13H12F2N2O2S. The molecule has 1 aromatic heterocycles. The molecular weight excluding hydrogens is 286 g/mol. The Morgan fingerprint density at radius 2 is 2.20 bits per heavy atom. The number of aliphatic carboxylic acids is 1. The molecule has 20 heavy (non-hydrogen) atoms. The molecule has 0 bridgehead atoms. The van der Waals surface area contributed by atoms with Gasteiger partial charge >= 0.3 is 5.97 Å². The number of aryl methyl sites for hydroxylation is 1. The van der Waals surface area contributed by atoms with Crippen LogP contribution >= 0.6 is 11.8 Å². The fraction of sp³-hybridized carbons (Fsp3) is 0.231. The number of carboxylic acid groups (broad SMARTS) is 1. The number of thioether (sulfide) groups is 1. The first-order chi connectivity index (χ1) is 9.47. The van der Waals surface area contributed by atoms with E-state index in [0.717, 1.165) is 17.3 Å². The number of benzene rings is 1. The molecule has 106 valence electrons. The summed E-state index contributed by atoms with van der Waals surface area (Å²) in [6, 6.07) is 8.43. The minimum absolute atomic E-state index is 0.208. The van der Waals surface area contributed by atoms with E-state index in [9.17, 15) is 13.6 Å². The van der Waals surface area contributed by atoms with E-state index in [1.54, 1.807) is 18.2 Å². The number of rotatable bonds is 5. The summed E-state index contributed by atoms with van der Waals surface area (Å²) < 4.78 is 26.9. The minimum atomic E-state index is -2.69. The first-order valence-corrected chi connectivity index (χ1v) is 6.75. The van der Waals surface area contributed by atoms with Gasteiger partial charge < -0.3 is 5.11 Å². The molecule has 0 radical (unpaired) electrons. The third-order valence-corrected chi connectivity index (χ3v) is 3.49.